The van der Waals surface area contributed by atoms with Crippen molar-refractivity contribution in [1.29, 1.82) is 0 Å². The highest BCUT2D eigenvalue weighted by Crippen LogP contribution is 2.36. The van der Waals surface area contributed by atoms with Crippen molar-refractivity contribution in [3.8, 4) is 28.3 Å². The van der Waals surface area contributed by atoms with Gasteiger partial charge in [-0.05, 0) is 49.5 Å². The van der Waals surface area contributed by atoms with E-state index in [4.69, 9.17) is 15.5 Å². The lowest BCUT2D eigenvalue weighted by Gasteiger charge is -2.22. The molecule has 1 aliphatic heterocycles. The molecule has 0 saturated carbocycles. The lowest BCUT2D eigenvalue weighted by atomic mass is 9.90. The third-order valence-corrected chi connectivity index (χ3v) is 5.82. The Labute approximate surface area is 174 Å². The van der Waals surface area contributed by atoms with Crippen LogP contribution in [0.15, 0.2) is 48.8 Å². The van der Waals surface area contributed by atoms with Crippen molar-refractivity contribution in [2.75, 3.05) is 25.9 Å². The maximum absolute atomic E-state index is 6.27. The van der Waals surface area contributed by atoms with Crippen LogP contribution in [0.25, 0.3) is 33.2 Å². The normalized spacial score (nSPS) is 14.8. The van der Waals surface area contributed by atoms with Gasteiger partial charge in [0, 0.05) is 39.9 Å². The highest BCUT2D eigenvalue weighted by molar-refractivity contribution is 5.91. The van der Waals surface area contributed by atoms with Crippen molar-refractivity contribution in [1.82, 2.24) is 25.5 Å². The van der Waals surface area contributed by atoms with Gasteiger partial charge in [0.15, 0.2) is 0 Å². The predicted octanol–water partition coefficient (Wildman–Crippen LogP) is 3.74. The van der Waals surface area contributed by atoms with Gasteiger partial charge in [0.05, 0.1) is 19.0 Å². The average molecular weight is 400 g/mol. The molecule has 0 aliphatic carbocycles. The van der Waals surface area contributed by atoms with Crippen molar-refractivity contribution in [2.24, 2.45) is 0 Å². The Balaban J connectivity index is 1.60. The molecule has 1 aromatic carbocycles. The van der Waals surface area contributed by atoms with Gasteiger partial charge in [-0.3, -0.25) is 5.10 Å². The van der Waals surface area contributed by atoms with E-state index in [-0.39, 0.29) is 0 Å². The number of piperidine rings is 1. The number of nitrogen functional groups attached to an aromatic ring is 1. The molecule has 7 nitrogen and oxygen atoms in total. The van der Waals surface area contributed by atoms with Gasteiger partial charge in [-0.2, -0.15) is 5.10 Å². The molecule has 152 valence electrons. The number of hydrogen-bond acceptors (Lipinski definition) is 6. The number of ether oxygens (including phenoxy) is 1. The van der Waals surface area contributed by atoms with Gasteiger partial charge in [0.1, 0.15) is 5.82 Å². The number of aromatic amines is 1. The molecule has 0 bridgehead atoms. The third-order valence-electron chi connectivity index (χ3n) is 5.82. The Morgan fingerprint density at radius 3 is 2.73 bits per heavy atom. The summed E-state index contributed by atoms with van der Waals surface area (Å²) in [5.41, 5.74) is 11.0. The smallest absolute Gasteiger partial charge is 0.221 e. The van der Waals surface area contributed by atoms with Crippen LogP contribution in [0.1, 0.15) is 24.5 Å². The predicted molar refractivity (Wildman–Crippen MR) is 118 cm³/mol. The number of hydrogen-bond donors (Lipinski definition) is 3. The van der Waals surface area contributed by atoms with E-state index in [1.165, 1.54) is 0 Å². The first-order valence-corrected chi connectivity index (χ1v) is 10.2. The van der Waals surface area contributed by atoms with Crippen LogP contribution in [0.5, 0.6) is 5.88 Å². The maximum Gasteiger partial charge on any atom is 0.221 e. The van der Waals surface area contributed by atoms with Crippen molar-refractivity contribution >= 4 is 16.6 Å². The summed E-state index contributed by atoms with van der Waals surface area (Å²) in [6, 6.07) is 12.1. The van der Waals surface area contributed by atoms with Crippen molar-refractivity contribution in [3.63, 3.8) is 0 Å². The van der Waals surface area contributed by atoms with Gasteiger partial charge >= 0.3 is 0 Å². The zero-order valence-corrected chi connectivity index (χ0v) is 16.9. The van der Waals surface area contributed by atoms with Crippen LogP contribution in [0.2, 0.25) is 0 Å². The number of nitrogens with one attached hydrogen (secondary N) is 2. The number of rotatable bonds is 4. The molecule has 30 heavy (non-hydrogen) atoms. The summed E-state index contributed by atoms with van der Waals surface area (Å²) in [7, 11) is 1.63. The highest BCUT2D eigenvalue weighted by Gasteiger charge is 2.22. The number of methoxy groups -OCH3 is 1. The molecule has 4 aromatic rings. The fourth-order valence-corrected chi connectivity index (χ4v) is 4.24. The number of fused-ring (bicyclic) bond motifs is 1. The molecule has 0 spiro atoms. The fourth-order valence-electron chi connectivity index (χ4n) is 4.24. The van der Waals surface area contributed by atoms with Crippen LogP contribution < -0.4 is 15.8 Å². The van der Waals surface area contributed by atoms with E-state index in [0.29, 0.717) is 17.6 Å². The Morgan fingerprint density at radius 1 is 1.07 bits per heavy atom. The van der Waals surface area contributed by atoms with E-state index in [0.717, 1.165) is 64.8 Å². The Hall–Kier alpha value is -3.45. The van der Waals surface area contributed by atoms with E-state index in [1.807, 2.05) is 48.8 Å². The number of aromatic nitrogens is 4. The topological polar surface area (TPSA) is 102 Å². The summed E-state index contributed by atoms with van der Waals surface area (Å²) < 4.78 is 5.54. The summed E-state index contributed by atoms with van der Waals surface area (Å²) in [6.45, 7) is 2.05. The van der Waals surface area contributed by atoms with E-state index >= 15 is 0 Å². The first-order chi connectivity index (χ1) is 14.7. The molecule has 4 N–H and O–H groups in total. The van der Waals surface area contributed by atoms with E-state index in [2.05, 4.69) is 20.5 Å². The van der Waals surface area contributed by atoms with Gasteiger partial charge in [-0.25, -0.2) is 9.97 Å². The quantitative estimate of drug-likeness (QED) is 0.482. The van der Waals surface area contributed by atoms with Crippen LogP contribution in [0, 0.1) is 0 Å². The minimum absolute atomic E-state index is 0.440. The van der Waals surface area contributed by atoms with Crippen molar-refractivity contribution in [2.45, 2.75) is 18.8 Å². The number of pyridine rings is 2. The van der Waals surface area contributed by atoms with Crippen LogP contribution >= 0.6 is 0 Å². The third kappa shape index (κ3) is 3.27. The zero-order chi connectivity index (χ0) is 20.5. The van der Waals surface area contributed by atoms with Crippen LogP contribution in [-0.4, -0.2) is 40.4 Å². The van der Waals surface area contributed by atoms with Crippen molar-refractivity contribution in [3.05, 3.63) is 54.5 Å². The molecule has 0 unspecified atom stereocenters. The SMILES string of the molecule is COc1nc(-c2cc(-c3cn[nH]c3C3CCNCC3)cnc2N)cc2ccccc12. The summed E-state index contributed by atoms with van der Waals surface area (Å²) in [5.74, 6) is 1.48. The lowest BCUT2D eigenvalue weighted by molar-refractivity contribution is 0.404. The van der Waals surface area contributed by atoms with Gasteiger partial charge in [0.25, 0.3) is 0 Å². The van der Waals surface area contributed by atoms with E-state index in [9.17, 15) is 0 Å². The van der Waals surface area contributed by atoms with Gasteiger partial charge < -0.3 is 15.8 Å². The first-order valence-electron chi connectivity index (χ1n) is 10.2. The molecule has 3 aromatic heterocycles. The second kappa shape index (κ2) is 7.76. The van der Waals surface area contributed by atoms with E-state index in [1.54, 1.807) is 7.11 Å². The van der Waals surface area contributed by atoms with Crippen molar-refractivity contribution < 1.29 is 4.74 Å². The molecule has 7 heteroatoms. The highest BCUT2D eigenvalue weighted by atomic mass is 16.5. The molecule has 5 rings (SSSR count). The second-order valence-corrected chi connectivity index (χ2v) is 7.62. The molecule has 1 aliphatic rings. The summed E-state index contributed by atoms with van der Waals surface area (Å²) >= 11 is 0. The number of anilines is 1. The summed E-state index contributed by atoms with van der Waals surface area (Å²) in [5, 5.41) is 13.0. The molecular weight excluding hydrogens is 376 g/mol. The zero-order valence-electron chi connectivity index (χ0n) is 16.9. The molecule has 1 saturated heterocycles. The van der Waals surface area contributed by atoms with Crippen LogP contribution in [-0.2, 0) is 0 Å². The largest absolute Gasteiger partial charge is 0.481 e. The minimum atomic E-state index is 0.440. The second-order valence-electron chi connectivity index (χ2n) is 7.62. The van der Waals surface area contributed by atoms with Crippen LogP contribution in [0.4, 0.5) is 5.82 Å². The summed E-state index contributed by atoms with van der Waals surface area (Å²) in [4.78, 5) is 9.19. The van der Waals surface area contributed by atoms with Gasteiger partial charge in [-0.15, -0.1) is 0 Å². The molecule has 0 radical (unpaired) electrons. The first kappa shape index (κ1) is 18.6. The molecule has 4 heterocycles. The van der Waals surface area contributed by atoms with Gasteiger partial charge in [-0.1, -0.05) is 18.2 Å². The number of H-pyrrole nitrogens is 1. The molecular formula is C23H24N6O. The standard InChI is InChI=1S/C23H24N6O/c1-30-23-17-5-3-2-4-15(17)11-20(28-23)18-10-16(12-26-22(18)24)19-13-27-29-21(19)14-6-8-25-9-7-14/h2-5,10-14,25H,6-9H2,1H3,(H2,24,26)(H,27,29). The average Bonchev–Trinajstić information content (AvgIpc) is 3.29. The minimum Gasteiger partial charge on any atom is -0.481 e. The summed E-state index contributed by atoms with van der Waals surface area (Å²) in [6.07, 6.45) is 5.87. The maximum atomic E-state index is 6.27. The Bertz CT molecular complexity index is 1200. The van der Waals surface area contributed by atoms with E-state index < -0.39 is 0 Å². The molecule has 0 amide bonds. The van der Waals surface area contributed by atoms with Gasteiger partial charge in [0.2, 0.25) is 5.88 Å². The Morgan fingerprint density at radius 2 is 1.90 bits per heavy atom. The monoisotopic (exact) mass is 400 g/mol. The lowest BCUT2D eigenvalue weighted by Crippen LogP contribution is -2.27. The van der Waals surface area contributed by atoms with Crippen LogP contribution in [0.3, 0.4) is 0 Å². The molecule has 1 fully saturated rings. The number of nitrogens with two attached hydrogens (primary N) is 1. The number of nitrogens with zero attached hydrogens (tertiary/aromatic N) is 3. The number of benzene rings is 1. The molecule has 0 atom stereocenters. The fraction of sp³-hybridized carbons (Fsp3) is 0.261. The Kier molecular flexibility index (Phi) is 4.80.